The molecule has 0 saturated carbocycles. The van der Waals surface area contributed by atoms with Crippen LogP contribution in [0.2, 0.25) is 5.15 Å². The molecule has 3 rings (SSSR count). The van der Waals surface area contributed by atoms with E-state index >= 15 is 0 Å². The van der Waals surface area contributed by atoms with Crippen molar-refractivity contribution in [2.24, 2.45) is 7.05 Å². The van der Waals surface area contributed by atoms with E-state index in [0.717, 1.165) is 43.2 Å². The molecule has 0 aliphatic carbocycles. The molecule has 22 heavy (non-hydrogen) atoms. The van der Waals surface area contributed by atoms with E-state index < -0.39 is 0 Å². The minimum Gasteiger partial charge on any atom is -0.468 e. The molecule has 0 bridgehead atoms. The maximum absolute atomic E-state index is 6.29. The lowest BCUT2D eigenvalue weighted by Crippen LogP contribution is -2.33. The van der Waals surface area contributed by atoms with E-state index in [1.165, 1.54) is 12.8 Å². The van der Waals surface area contributed by atoms with Gasteiger partial charge in [0.2, 0.25) is 0 Å². The number of hydrogen-bond donors (Lipinski definition) is 1. The van der Waals surface area contributed by atoms with Gasteiger partial charge in [0.1, 0.15) is 10.9 Å². The van der Waals surface area contributed by atoms with Gasteiger partial charge in [-0.1, -0.05) is 11.6 Å². The van der Waals surface area contributed by atoms with Crippen LogP contribution < -0.4 is 5.32 Å². The molecule has 2 aromatic rings. The molecule has 3 heterocycles. The largest absolute Gasteiger partial charge is 0.468 e. The van der Waals surface area contributed by atoms with Crippen molar-refractivity contribution in [2.45, 2.75) is 32.4 Å². The molecule has 1 N–H and O–H groups in total. The van der Waals surface area contributed by atoms with E-state index in [9.17, 15) is 0 Å². The third-order valence-corrected chi connectivity index (χ3v) is 4.84. The first-order chi connectivity index (χ1) is 10.7. The number of aryl methyl sites for hydroxylation is 2. The second-order valence-corrected chi connectivity index (χ2v) is 6.24. The maximum atomic E-state index is 6.29. The lowest BCUT2D eigenvalue weighted by Gasteiger charge is -2.26. The van der Waals surface area contributed by atoms with E-state index in [2.05, 4.69) is 21.4 Å². The quantitative estimate of drug-likeness (QED) is 0.888. The topological polar surface area (TPSA) is 46.2 Å². The summed E-state index contributed by atoms with van der Waals surface area (Å²) in [6.07, 6.45) is 4.29. The summed E-state index contributed by atoms with van der Waals surface area (Å²) in [7, 11) is 1.87. The highest BCUT2D eigenvalue weighted by Gasteiger charge is 2.25. The van der Waals surface area contributed by atoms with Gasteiger partial charge in [-0.25, -0.2) is 0 Å². The third-order valence-electron chi connectivity index (χ3n) is 4.36. The Labute approximate surface area is 136 Å². The number of nitrogens with zero attached hydrogens (tertiary/aromatic N) is 3. The molecular formula is C16H23ClN4O. The van der Waals surface area contributed by atoms with Crippen LogP contribution in [0.5, 0.6) is 0 Å². The van der Waals surface area contributed by atoms with Crippen LogP contribution in [-0.2, 0) is 13.6 Å². The van der Waals surface area contributed by atoms with E-state index in [1.54, 1.807) is 10.9 Å². The summed E-state index contributed by atoms with van der Waals surface area (Å²) < 4.78 is 7.36. The summed E-state index contributed by atoms with van der Waals surface area (Å²) >= 11 is 6.29. The third kappa shape index (κ3) is 3.21. The Balaban J connectivity index is 1.64. The monoisotopic (exact) mass is 322 g/mol. The molecule has 0 amide bonds. The number of aromatic nitrogens is 2. The molecule has 2 aromatic heterocycles. The number of halogens is 1. The van der Waals surface area contributed by atoms with Gasteiger partial charge >= 0.3 is 0 Å². The molecule has 0 spiro atoms. The first-order valence-corrected chi connectivity index (χ1v) is 8.20. The van der Waals surface area contributed by atoms with Crippen molar-refractivity contribution in [1.29, 1.82) is 0 Å². The standard InChI is InChI=1S/C16H23ClN4O/c1-12-13(16(17)20(2)19-12)10-18-11-14(15-6-5-9-22-15)21-7-3-4-8-21/h5-6,9,14,18H,3-4,7-8,10-11H2,1-2H3. The molecule has 1 fully saturated rings. The van der Waals surface area contributed by atoms with Gasteiger partial charge in [-0.15, -0.1) is 0 Å². The summed E-state index contributed by atoms with van der Waals surface area (Å²) in [5.74, 6) is 1.03. The highest BCUT2D eigenvalue weighted by molar-refractivity contribution is 6.30. The molecule has 1 aliphatic rings. The predicted octanol–water partition coefficient (Wildman–Crippen LogP) is 2.90. The fourth-order valence-corrected chi connectivity index (χ4v) is 3.39. The Morgan fingerprint density at radius 2 is 2.18 bits per heavy atom. The average molecular weight is 323 g/mol. The van der Waals surface area contributed by atoms with Crippen molar-refractivity contribution < 1.29 is 4.42 Å². The van der Waals surface area contributed by atoms with Gasteiger partial charge in [0.15, 0.2) is 0 Å². The fourth-order valence-electron chi connectivity index (χ4n) is 3.15. The van der Waals surface area contributed by atoms with Gasteiger partial charge < -0.3 is 9.73 Å². The van der Waals surface area contributed by atoms with Gasteiger partial charge in [-0.05, 0) is 45.0 Å². The van der Waals surface area contributed by atoms with Crippen LogP contribution in [0.1, 0.15) is 35.9 Å². The molecule has 0 aromatic carbocycles. The summed E-state index contributed by atoms with van der Waals surface area (Å²) in [6, 6.07) is 4.31. The summed E-state index contributed by atoms with van der Waals surface area (Å²) in [4.78, 5) is 2.49. The van der Waals surface area contributed by atoms with Gasteiger partial charge in [0, 0.05) is 25.7 Å². The van der Waals surface area contributed by atoms with E-state index in [-0.39, 0.29) is 6.04 Å². The molecule has 5 nitrogen and oxygen atoms in total. The Morgan fingerprint density at radius 1 is 1.41 bits per heavy atom. The van der Waals surface area contributed by atoms with Crippen molar-refractivity contribution in [1.82, 2.24) is 20.0 Å². The molecule has 1 atom stereocenters. The first kappa shape index (κ1) is 15.6. The van der Waals surface area contributed by atoms with Crippen LogP contribution in [0.25, 0.3) is 0 Å². The van der Waals surface area contributed by atoms with Gasteiger partial charge in [-0.2, -0.15) is 5.10 Å². The summed E-state index contributed by atoms with van der Waals surface area (Å²) in [5, 5.41) is 8.58. The second kappa shape index (κ2) is 6.86. The fraction of sp³-hybridized carbons (Fsp3) is 0.562. The zero-order valence-corrected chi connectivity index (χ0v) is 13.9. The predicted molar refractivity (Wildman–Crippen MR) is 86.9 cm³/mol. The SMILES string of the molecule is Cc1nn(C)c(Cl)c1CNCC(c1ccco1)N1CCCC1. The Hall–Kier alpha value is -1.30. The first-order valence-electron chi connectivity index (χ1n) is 7.83. The molecule has 1 aliphatic heterocycles. The lowest BCUT2D eigenvalue weighted by atomic mass is 10.2. The zero-order chi connectivity index (χ0) is 15.5. The number of rotatable bonds is 6. The van der Waals surface area contributed by atoms with Crippen molar-refractivity contribution in [3.8, 4) is 0 Å². The smallest absolute Gasteiger partial charge is 0.131 e. The Bertz CT molecular complexity index is 602. The van der Waals surface area contributed by atoms with Crippen molar-refractivity contribution in [3.63, 3.8) is 0 Å². The van der Waals surface area contributed by atoms with E-state index in [0.29, 0.717) is 5.15 Å². The molecule has 120 valence electrons. The lowest BCUT2D eigenvalue weighted by molar-refractivity contribution is 0.209. The number of nitrogens with one attached hydrogen (secondary N) is 1. The van der Waals surface area contributed by atoms with E-state index in [1.807, 2.05) is 20.0 Å². The number of likely N-dealkylation sites (tertiary alicyclic amines) is 1. The van der Waals surface area contributed by atoms with Gasteiger partial charge in [0.05, 0.1) is 18.0 Å². The Kier molecular flexibility index (Phi) is 4.86. The van der Waals surface area contributed by atoms with Crippen LogP contribution >= 0.6 is 11.6 Å². The minimum absolute atomic E-state index is 0.285. The zero-order valence-electron chi connectivity index (χ0n) is 13.2. The molecule has 1 unspecified atom stereocenters. The van der Waals surface area contributed by atoms with Crippen molar-refractivity contribution in [3.05, 3.63) is 40.6 Å². The maximum Gasteiger partial charge on any atom is 0.131 e. The van der Waals surface area contributed by atoms with Crippen LogP contribution in [0, 0.1) is 6.92 Å². The number of furan rings is 1. The van der Waals surface area contributed by atoms with Crippen molar-refractivity contribution in [2.75, 3.05) is 19.6 Å². The normalized spacial score (nSPS) is 17.2. The van der Waals surface area contributed by atoms with Gasteiger partial charge in [0.25, 0.3) is 0 Å². The highest BCUT2D eigenvalue weighted by atomic mass is 35.5. The summed E-state index contributed by atoms with van der Waals surface area (Å²) in [6.45, 7) is 5.84. The molecule has 1 saturated heterocycles. The Morgan fingerprint density at radius 3 is 2.77 bits per heavy atom. The van der Waals surface area contributed by atoms with Gasteiger partial charge in [-0.3, -0.25) is 9.58 Å². The second-order valence-electron chi connectivity index (χ2n) is 5.88. The van der Waals surface area contributed by atoms with Crippen LogP contribution in [0.4, 0.5) is 0 Å². The minimum atomic E-state index is 0.285. The molecular weight excluding hydrogens is 300 g/mol. The van der Waals surface area contributed by atoms with Crippen LogP contribution in [0.15, 0.2) is 22.8 Å². The summed E-state index contributed by atoms with van der Waals surface area (Å²) in [5.41, 5.74) is 2.06. The van der Waals surface area contributed by atoms with Crippen LogP contribution in [-0.4, -0.2) is 34.3 Å². The highest BCUT2D eigenvalue weighted by Crippen LogP contribution is 2.25. The average Bonchev–Trinajstić information content (AvgIpc) is 3.23. The van der Waals surface area contributed by atoms with Crippen molar-refractivity contribution >= 4 is 11.6 Å². The van der Waals surface area contributed by atoms with Crippen LogP contribution in [0.3, 0.4) is 0 Å². The molecule has 0 radical (unpaired) electrons. The van der Waals surface area contributed by atoms with E-state index in [4.69, 9.17) is 16.0 Å². The number of hydrogen-bond acceptors (Lipinski definition) is 4. The molecule has 6 heteroatoms.